The van der Waals surface area contributed by atoms with Crippen molar-refractivity contribution in [1.29, 1.82) is 0 Å². The second-order valence-electron chi connectivity index (χ2n) is 6.23. The van der Waals surface area contributed by atoms with E-state index in [1.54, 1.807) is 24.3 Å². The molecule has 0 spiro atoms. The zero-order chi connectivity index (χ0) is 20.4. The van der Waals surface area contributed by atoms with Gasteiger partial charge in [0.05, 0.1) is 16.3 Å². The highest BCUT2D eigenvalue weighted by Gasteiger charge is 2.33. The number of aromatic nitrogens is 1. The van der Waals surface area contributed by atoms with Crippen LogP contribution in [0, 0.1) is 6.92 Å². The van der Waals surface area contributed by atoms with Gasteiger partial charge in [0.1, 0.15) is 0 Å². The van der Waals surface area contributed by atoms with Gasteiger partial charge in [-0.25, -0.2) is 4.98 Å². The summed E-state index contributed by atoms with van der Waals surface area (Å²) in [6, 6.07) is 16.5. The van der Waals surface area contributed by atoms with Crippen molar-refractivity contribution in [3.8, 4) is 0 Å². The Bertz CT molecular complexity index is 1140. The number of thiazole rings is 1. The van der Waals surface area contributed by atoms with Gasteiger partial charge in [-0.3, -0.25) is 19.8 Å². The largest absolute Gasteiger partial charge is 0.298 e. The molecule has 5 nitrogen and oxygen atoms in total. The number of aryl methyl sites for hydroxylation is 1. The molecular weight excluding hydrogens is 422 g/mol. The molecule has 0 bridgehead atoms. The van der Waals surface area contributed by atoms with Crippen LogP contribution in [-0.2, 0) is 4.79 Å². The lowest BCUT2D eigenvalue weighted by molar-refractivity contribution is -0.113. The number of nitrogens with one attached hydrogen (secondary N) is 1. The molecule has 8 heteroatoms. The minimum Gasteiger partial charge on any atom is -0.298 e. The average molecular weight is 438 g/mol. The van der Waals surface area contributed by atoms with E-state index in [0.29, 0.717) is 25.6 Å². The van der Waals surface area contributed by atoms with E-state index in [2.05, 4.69) is 10.3 Å². The van der Waals surface area contributed by atoms with Gasteiger partial charge in [0, 0.05) is 10.9 Å². The first-order valence-electron chi connectivity index (χ1n) is 8.68. The van der Waals surface area contributed by atoms with E-state index < -0.39 is 0 Å². The van der Waals surface area contributed by atoms with E-state index in [1.807, 2.05) is 48.7 Å². The molecular formula is C21H15N3O2S3. The van der Waals surface area contributed by atoms with Gasteiger partial charge in [-0.2, -0.15) is 0 Å². The molecule has 1 saturated heterocycles. The summed E-state index contributed by atoms with van der Waals surface area (Å²) < 4.78 is 0.435. The minimum atomic E-state index is -0.286. The number of carbonyl (C=O) groups excluding carboxylic acids is 2. The van der Waals surface area contributed by atoms with E-state index in [4.69, 9.17) is 12.2 Å². The number of anilines is 2. The summed E-state index contributed by atoms with van der Waals surface area (Å²) in [6.45, 7) is 1.87. The fourth-order valence-corrected chi connectivity index (χ4v) is 4.74. The van der Waals surface area contributed by atoms with Gasteiger partial charge in [0.2, 0.25) is 0 Å². The molecule has 1 N–H and O–H groups in total. The maximum Gasteiger partial charge on any atom is 0.270 e. The van der Waals surface area contributed by atoms with Gasteiger partial charge in [0.25, 0.3) is 11.8 Å². The number of carbonyl (C=O) groups is 2. The van der Waals surface area contributed by atoms with Crippen LogP contribution in [0.1, 0.15) is 21.6 Å². The summed E-state index contributed by atoms with van der Waals surface area (Å²) in [5, 5.41) is 5.18. The normalized spacial score (nSPS) is 15.2. The Kier molecular flexibility index (Phi) is 5.57. The van der Waals surface area contributed by atoms with E-state index in [-0.39, 0.29) is 11.8 Å². The van der Waals surface area contributed by atoms with Gasteiger partial charge in [-0.1, -0.05) is 60.4 Å². The Morgan fingerprint density at radius 3 is 2.69 bits per heavy atom. The maximum atomic E-state index is 12.9. The number of amides is 2. The van der Waals surface area contributed by atoms with Crippen molar-refractivity contribution >= 4 is 68.3 Å². The van der Waals surface area contributed by atoms with Crippen molar-refractivity contribution in [3.63, 3.8) is 0 Å². The molecule has 0 saturated carbocycles. The lowest BCUT2D eigenvalue weighted by atomic mass is 10.1. The third kappa shape index (κ3) is 4.29. The highest BCUT2D eigenvalue weighted by Crippen LogP contribution is 2.36. The highest BCUT2D eigenvalue weighted by molar-refractivity contribution is 8.27. The Morgan fingerprint density at radius 2 is 1.97 bits per heavy atom. The van der Waals surface area contributed by atoms with Gasteiger partial charge >= 0.3 is 0 Å². The first-order valence-corrected chi connectivity index (χ1v) is 10.8. The monoisotopic (exact) mass is 437 g/mol. The van der Waals surface area contributed by atoms with Crippen molar-refractivity contribution < 1.29 is 9.59 Å². The van der Waals surface area contributed by atoms with Crippen LogP contribution in [0.2, 0.25) is 0 Å². The van der Waals surface area contributed by atoms with Crippen LogP contribution in [0.3, 0.4) is 0 Å². The Balaban J connectivity index is 1.57. The lowest BCUT2D eigenvalue weighted by Crippen LogP contribution is -2.27. The maximum absolute atomic E-state index is 12.9. The molecule has 1 aromatic heterocycles. The van der Waals surface area contributed by atoms with Crippen LogP contribution >= 0.6 is 35.3 Å². The van der Waals surface area contributed by atoms with E-state index in [0.717, 1.165) is 11.3 Å². The highest BCUT2D eigenvalue weighted by atomic mass is 32.2. The molecule has 1 aliphatic rings. The van der Waals surface area contributed by atoms with Crippen LogP contribution < -0.4 is 10.2 Å². The molecule has 1 fully saturated rings. The van der Waals surface area contributed by atoms with Crippen molar-refractivity contribution in [2.45, 2.75) is 6.92 Å². The van der Waals surface area contributed by atoms with E-state index >= 15 is 0 Å². The van der Waals surface area contributed by atoms with Crippen molar-refractivity contribution in [2.24, 2.45) is 0 Å². The van der Waals surface area contributed by atoms with Crippen molar-refractivity contribution in [2.75, 3.05) is 10.2 Å². The molecule has 0 aliphatic carbocycles. The predicted molar refractivity (Wildman–Crippen MR) is 123 cm³/mol. The molecule has 29 heavy (non-hydrogen) atoms. The minimum absolute atomic E-state index is 0.197. The van der Waals surface area contributed by atoms with Crippen LogP contribution in [0.15, 0.2) is 64.9 Å². The molecule has 0 radical (unpaired) electrons. The number of hydrogen-bond acceptors (Lipinski definition) is 6. The fourth-order valence-electron chi connectivity index (χ4n) is 2.76. The Labute approximate surface area is 181 Å². The summed E-state index contributed by atoms with van der Waals surface area (Å²) in [5.41, 5.74) is 2.77. The van der Waals surface area contributed by atoms with E-state index in [1.165, 1.54) is 28.0 Å². The van der Waals surface area contributed by atoms with Gasteiger partial charge in [0.15, 0.2) is 9.45 Å². The zero-order valence-corrected chi connectivity index (χ0v) is 17.7. The quantitative estimate of drug-likeness (QED) is 0.454. The number of hydrogen-bond donors (Lipinski definition) is 1. The van der Waals surface area contributed by atoms with Crippen molar-refractivity contribution in [1.82, 2.24) is 4.98 Å². The van der Waals surface area contributed by atoms with Crippen LogP contribution in [0.25, 0.3) is 6.08 Å². The molecule has 0 unspecified atom stereocenters. The van der Waals surface area contributed by atoms with Crippen LogP contribution in [-0.4, -0.2) is 21.1 Å². The standard InChI is InChI=1S/C21H15N3O2S3/c1-13-12-28-20(22-13)23-18(25)15-8-5-9-16(11-15)24-19(26)17(29-21(24)27)10-14-6-3-2-4-7-14/h2-12H,1H3,(H,22,23,25)/b17-10-. The SMILES string of the molecule is Cc1csc(NC(=O)c2cccc(N3C(=O)/C(=C/c4ccccc4)SC3=S)c2)n1. The van der Waals surface area contributed by atoms with Crippen LogP contribution in [0.5, 0.6) is 0 Å². The third-order valence-corrected chi connectivity index (χ3v) is 6.27. The zero-order valence-electron chi connectivity index (χ0n) is 15.3. The molecule has 2 aromatic carbocycles. The molecule has 4 rings (SSSR count). The fraction of sp³-hybridized carbons (Fsp3) is 0.0476. The third-order valence-electron chi connectivity index (χ3n) is 4.10. The summed E-state index contributed by atoms with van der Waals surface area (Å²) in [6.07, 6.45) is 1.82. The number of nitrogens with zero attached hydrogens (tertiary/aromatic N) is 2. The number of thiocarbonyl (C=S) groups is 1. The number of rotatable bonds is 4. The lowest BCUT2D eigenvalue weighted by Gasteiger charge is -2.15. The summed E-state index contributed by atoms with van der Waals surface area (Å²) >= 11 is 8.04. The first-order chi connectivity index (χ1) is 14.0. The Morgan fingerprint density at radius 1 is 1.17 bits per heavy atom. The molecule has 0 atom stereocenters. The van der Waals surface area contributed by atoms with Crippen molar-refractivity contribution in [3.05, 3.63) is 81.7 Å². The number of benzene rings is 2. The van der Waals surface area contributed by atoms with Gasteiger partial charge in [-0.05, 0) is 36.8 Å². The van der Waals surface area contributed by atoms with Gasteiger partial charge in [-0.15, -0.1) is 11.3 Å². The first kappa shape index (κ1) is 19.5. The molecule has 144 valence electrons. The average Bonchev–Trinajstić information content (AvgIpc) is 3.25. The van der Waals surface area contributed by atoms with Gasteiger partial charge < -0.3 is 0 Å². The summed E-state index contributed by atoms with van der Waals surface area (Å²) in [5.74, 6) is -0.483. The molecule has 3 aromatic rings. The predicted octanol–water partition coefficient (Wildman–Crippen LogP) is 5.11. The molecule has 2 amide bonds. The molecule has 2 heterocycles. The second-order valence-corrected chi connectivity index (χ2v) is 8.76. The number of thioether (sulfide) groups is 1. The summed E-state index contributed by atoms with van der Waals surface area (Å²) in [4.78, 5) is 31.7. The van der Waals surface area contributed by atoms with Crippen LogP contribution in [0.4, 0.5) is 10.8 Å². The smallest absolute Gasteiger partial charge is 0.270 e. The summed E-state index contributed by atoms with van der Waals surface area (Å²) in [7, 11) is 0. The second kappa shape index (κ2) is 8.28. The van der Waals surface area contributed by atoms with E-state index in [9.17, 15) is 9.59 Å². The topological polar surface area (TPSA) is 62.3 Å². The molecule has 1 aliphatic heterocycles. The Hall–Kier alpha value is -2.81.